The molecule has 0 saturated carbocycles. The lowest BCUT2D eigenvalue weighted by Crippen LogP contribution is -2.17. The van der Waals surface area contributed by atoms with Gasteiger partial charge in [0.2, 0.25) is 0 Å². The van der Waals surface area contributed by atoms with Gasteiger partial charge in [0, 0.05) is 23.3 Å². The molecule has 0 spiro atoms. The summed E-state index contributed by atoms with van der Waals surface area (Å²) < 4.78 is 12.7. The van der Waals surface area contributed by atoms with Crippen LogP contribution in [0, 0.1) is 15.9 Å². The summed E-state index contributed by atoms with van der Waals surface area (Å²) in [4.78, 5) is 21.7. The summed E-state index contributed by atoms with van der Waals surface area (Å²) in [6.45, 7) is 0. The van der Waals surface area contributed by atoms with Crippen molar-refractivity contribution in [2.75, 3.05) is 0 Å². The smallest absolute Gasteiger partial charge is 0.271 e. The van der Waals surface area contributed by atoms with E-state index in [1.54, 1.807) is 0 Å². The fourth-order valence-electron chi connectivity index (χ4n) is 1.59. The number of phenols is 1. The number of rotatable bonds is 4. The van der Waals surface area contributed by atoms with Crippen LogP contribution >= 0.6 is 0 Å². The van der Waals surface area contributed by atoms with Crippen LogP contribution in [-0.2, 0) is 0 Å². The van der Waals surface area contributed by atoms with Crippen molar-refractivity contribution in [3.8, 4) is 5.75 Å². The highest BCUT2D eigenvalue weighted by atomic mass is 19.1. The summed E-state index contributed by atoms with van der Waals surface area (Å²) in [7, 11) is 0. The Morgan fingerprint density at radius 2 is 1.95 bits per heavy atom. The van der Waals surface area contributed by atoms with Crippen molar-refractivity contribution < 1.29 is 19.2 Å². The number of nitrogens with zero attached hydrogens (tertiary/aromatic N) is 2. The third-order valence-corrected chi connectivity index (χ3v) is 2.70. The molecule has 0 aliphatic carbocycles. The van der Waals surface area contributed by atoms with Gasteiger partial charge in [-0.15, -0.1) is 0 Å². The maximum Gasteiger partial charge on any atom is 0.271 e. The van der Waals surface area contributed by atoms with Crippen LogP contribution in [0.3, 0.4) is 0 Å². The van der Waals surface area contributed by atoms with Gasteiger partial charge in [-0.25, -0.2) is 9.82 Å². The van der Waals surface area contributed by atoms with E-state index in [0.717, 1.165) is 36.5 Å². The van der Waals surface area contributed by atoms with Crippen molar-refractivity contribution in [3.05, 3.63) is 69.5 Å². The molecule has 0 saturated heterocycles. The van der Waals surface area contributed by atoms with E-state index in [-0.39, 0.29) is 22.6 Å². The molecular weight excluding hydrogens is 293 g/mol. The number of nitro benzene ring substituents is 1. The number of carbonyl (C=O) groups excluding carboxylic acids is 1. The minimum absolute atomic E-state index is 0.0774. The van der Waals surface area contributed by atoms with Crippen LogP contribution in [0.2, 0.25) is 0 Å². The van der Waals surface area contributed by atoms with Crippen molar-refractivity contribution in [2.24, 2.45) is 5.10 Å². The molecule has 0 unspecified atom stereocenters. The summed E-state index contributed by atoms with van der Waals surface area (Å²) in [6.07, 6.45) is 1.07. The average molecular weight is 303 g/mol. The highest BCUT2D eigenvalue weighted by Crippen LogP contribution is 2.21. The van der Waals surface area contributed by atoms with Crippen LogP contribution in [-0.4, -0.2) is 22.2 Å². The largest absolute Gasteiger partial charge is 0.507 e. The fourth-order valence-corrected chi connectivity index (χ4v) is 1.59. The number of carbonyl (C=O) groups is 1. The molecular formula is C14H10FN3O4. The number of amides is 1. The number of nitrogens with one attached hydrogen (secondary N) is 1. The summed E-state index contributed by atoms with van der Waals surface area (Å²) in [5.74, 6) is -1.27. The Hall–Kier alpha value is -3.29. The van der Waals surface area contributed by atoms with Crippen LogP contribution in [0.5, 0.6) is 5.75 Å². The van der Waals surface area contributed by atoms with E-state index >= 15 is 0 Å². The van der Waals surface area contributed by atoms with Crippen LogP contribution in [0.15, 0.2) is 47.6 Å². The molecule has 8 heteroatoms. The van der Waals surface area contributed by atoms with Crippen LogP contribution < -0.4 is 5.43 Å². The van der Waals surface area contributed by atoms with Crippen molar-refractivity contribution in [2.45, 2.75) is 0 Å². The SMILES string of the molecule is O=C(N/N=C/c1cc([N+](=O)[O-])ccc1O)c1ccc(F)cc1. The summed E-state index contributed by atoms with van der Waals surface area (Å²) in [5, 5.41) is 23.8. The zero-order valence-corrected chi connectivity index (χ0v) is 11.1. The van der Waals surface area contributed by atoms with E-state index in [1.807, 2.05) is 0 Å². The first-order chi connectivity index (χ1) is 10.5. The minimum atomic E-state index is -0.617. The zero-order valence-electron chi connectivity index (χ0n) is 11.1. The second-order valence-corrected chi connectivity index (χ2v) is 4.21. The van der Waals surface area contributed by atoms with Gasteiger partial charge in [0.05, 0.1) is 11.1 Å². The average Bonchev–Trinajstić information content (AvgIpc) is 2.49. The van der Waals surface area contributed by atoms with Crippen molar-refractivity contribution in [3.63, 3.8) is 0 Å². The first kappa shape index (κ1) is 15.1. The first-order valence-corrected chi connectivity index (χ1v) is 6.04. The molecule has 22 heavy (non-hydrogen) atoms. The van der Waals surface area contributed by atoms with Gasteiger partial charge in [-0.2, -0.15) is 5.10 Å². The topological polar surface area (TPSA) is 105 Å². The number of non-ortho nitro benzene ring substituents is 1. The lowest BCUT2D eigenvalue weighted by atomic mass is 10.2. The number of benzene rings is 2. The number of phenolic OH excluding ortho intramolecular Hbond substituents is 1. The van der Waals surface area contributed by atoms with Gasteiger partial charge in [0.25, 0.3) is 11.6 Å². The van der Waals surface area contributed by atoms with Crippen LogP contribution in [0.25, 0.3) is 0 Å². The molecule has 2 N–H and O–H groups in total. The molecule has 112 valence electrons. The van der Waals surface area contributed by atoms with E-state index in [0.29, 0.717) is 0 Å². The standard InChI is InChI=1S/C14H10FN3O4/c15-11-3-1-9(2-4-11)14(20)17-16-8-10-7-12(18(21)22)5-6-13(10)19/h1-8,19H,(H,17,20)/b16-8+. The molecule has 0 aliphatic rings. The van der Waals surface area contributed by atoms with Gasteiger partial charge >= 0.3 is 0 Å². The molecule has 0 heterocycles. The van der Waals surface area contributed by atoms with E-state index in [1.165, 1.54) is 12.1 Å². The predicted octanol–water partition coefficient (Wildman–Crippen LogP) is 2.20. The monoisotopic (exact) mass is 303 g/mol. The summed E-state index contributed by atoms with van der Waals surface area (Å²) in [5.41, 5.74) is 2.23. The summed E-state index contributed by atoms with van der Waals surface area (Å²) in [6, 6.07) is 8.24. The third kappa shape index (κ3) is 3.63. The minimum Gasteiger partial charge on any atom is -0.507 e. The number of hydrogen-bond acceptors (Lipinski definition) is 5. The Morgan fingerprint density at radius 3 is 2.59 bits per heavy atom. The van der Waals surface area contributed by atoms with Gasteiger partial charge in [0.1, 0.15) is 11.6 Å². The maximum atomic E-state index is 12.7. The number of hydrazone groups is 1. The third-order valence-electron chi connectivity index (χ3n) is 2.70. The lowest BCUT2D eigenvalue weighted by molar-refractivity contribution is -0.384. The Balaban J connectivity index is 2.09. The van der Waals surface area contributed by atoms with Gasteiger partial charge in [-0.05, 0) is 30.3 Å². The molecule has 0 aliphatic heterocycles. The Labute approximate surface area is 123 Å². The van der Waals surface area contributed by atoms with Crippen LogP contribution in [0.4, 0.5) is 10.1 Å². The quantitative estimate of drug-likeness (QED) is 0.513. The molecule has 2 rings (SSSR count). The van der Waals surface area contributed by atoms with Crippen LogP contribution in [0.1, 0.15) is 15.9 Å². The second kappa shape index (κ2) is 6.44. The molecule has 0 aromatic heterocycles. The predicted molar refractivity (Wildman–Crippen MR) is 76.2 cm³/mol. The maximum absolute atomic E-state index is 12.7. The molecule has 2 aromatic carbocycles. The molecule has 0 fully saturated rings. The molecule has 7 nitrogen and oxygen atoms in total. The molecule has 2 aromatic rings. The Bertz CT molecular complexity index is 744. The van der Waals surface area contributed by atoms with E-state index in [4.69, 9.17) is 0 Å². The highest BCUT2D eigenvalue weighted by Gasteiger charge is 2.09. The van der Waals surface area contributed by atoms with Crippen molar-refractivity contribution in [1.82, 2.24) is 5.43 Å². The van der Waals surface area contributed by atoms with Crippen molar-refractivity contribution >= 4 is 17.8 Å². The number of nitro groups is 1. The second-order valence-electron chi connectivity index (χ2n) is 4.21. The van der Waals surface area contributed by atoms with Gasteiger partial charge in [0.15, 0.2) is 0 Å². The zero-order chi connectivity index (χ0) is 16.1. The fraction of sp³-hybridized carbons (Fsp3) is 0. The number of hydrogen-bond donors (Lipinski definition) is 2. The molecule has 0 bridgehead atoms. The van der Waals surface area contributed by atoms with E-state index in [9.17, 15) is 24.4 Å². The number of halogens is 1. The molecule has 0 atom stereocenters. The van der Waals surface area contributed by atoms with Crippen molar-refractivity contribution in [1.29, 1.82) is 0 Å². The normalized spacial score (nSPS) is 10.6. The lowest BCUT2D eigenvalue weighted by Gasteiger charge is -2.01. The molecule has 0 radical (unpaired) electrons. The van der Waals surface area contributed by atoms with Gasteiger partial charge in [-0.1, -0.05) is 0 Å². The number of aromatic hydroxyl groups is 1. The van der Waals surface area contributed by atoms with Gasteiger partial charge < -0.3 is 5.11 Å². The van der Waals surface area contributed by atoms with E-state index < -0.39 is 16.6 Å². The first-order valence-electron chi connectivity index (χ1n) is 6.04. The highest BCUT2D eigenvalue weighted by molar-refractivity contribution is 5.95. The Morgan fingerprint density at radius 1 is 1.27 bits per heavy atom. The van der Waals surface area contributed by atoms with Gasteiger partial charge in [-0.3, -0.25) is 14.9 Å². The van der Waals surface area contributed by atoms with E-state index in [2.05, 4.69) is 10.5 Å². The Kier molecular flexibility index (Phi) is 4.42. The summed E-state index contributed by atoms with van der Waals surface area (Å²) >= 11 is 0. The molecule has 1 amide bonds.